The summed E-state index contributed by atoms with van der Waals surface area (Å²) in [5.74, 6) is 1.73. The van der Waals surface area contributed by atoms with E-state index in [1.807, 2.05) is 17.0 Å². The van der Waals surface area contributed by atoms with Crippen LogP contribution in [0.2, 0.25) is 0 Å². The fourth-order valence-corrected chi connectivity index (χ4v) is 2.60. The highest BCUT2D eigenvalue weighted by molar-refractivity contribution is 14.0. The summed E-state index contributed by atoms with van der Waals surface area (Å²) in [6.45, 7) is 6.90. The predicted molar refractivity (Wildman–Crippen MR) is 111 cm³/mol. The highest BCUT2D eigenvalue weighted by atomic mass is 127. The molecule has 1 aromatic carbocycles. The zero-order valence-corrected chi connectivity index (χ0v) is 17.2. The number of nitrogens with one attached hydrogen (secondary N) is 2. The third kappa shape index (κ3) is 6.30. The Bertz CT molecular complexity index is 542. The maximum Gasteiger partial charge on any atom is 0.227 e. The zero-order chi connectivity index (χ0) is 16.7. The van der Waals surface area contributed by atoms with Crippen molar-refractivity contribution in [1.29, 1.82) is 0 Å². The zero-order valence-electron chi connectivity index (χ0n) is 14.8. The van der Waals surface area contributed by atoms with Gasteiger partial charge < -0.3 is 15.5 Å². The highest BCUT2D eigenvalue weighted by Crippen LogP contribution is 2.21. The Morgan fingerprint density at radius 1 is 1.25 bits per heavy atom. The van der Waals surface area contributed by atoms with Gasteiger partial charge in [0, 0.05) is 38.8 Å². The van der Waals surface area contributed by atoms with Gasteiger partial charge in [-0.05, 0) is 36.5 Å². The highest BCUT2D eigenvalue weighted by Gasteiger charge is 2.21. The van der Waals surface area contributed by atoms with Crippen LogP contribution in [0.5, 0.6) is 0 Å². The van der Waals surface area contributed by atoms with Gasteiger partial charge in [-0.25, -0.2) is 0 Å². The molecule has 6 heteroatoms. The first kappa shape index (κ1) is 20.7. The molecule has 1 aromatic rings. The van der Waals surface area contributed by atoms with Crippen LogP contribution in [-0.4, -0.2) is 32.0 Å². The van der Waals surface area contributed by atoms with Crippen molar-refractivity contribution in [2.45, 2.75) is 39.7 Å². The molecule has 0 bridgehead atoms. The van der Waals surface area contributed by atoms with E-state index < -0.39 is 0 Å². The van der Waals surface area contributed by atoms with Gasteiger partial charge in [0.25, 0.3) is 0 Å². The molecule has 134 valence electrons. The molecule has 1 aliphatic rings. The number of hydrogen-bond donors (Lipinski definition) is 2. The van der Waals surface area contributed by atoms with Gasteiger partial charge in [-0.1, -0.05) is 26.0 Å². The number of anilines is 1. The number of halogens is 1. The van der Waals surface area contributed by atoms with Gasteiger partial charge in [-0.2, -0.15) is 0 Å². The molecule has 1 aliphatic heterocycles. The smallest absolute Gasteiger partial charge is 0.227 e. The van der Waals surface area contributed by atoms with Gasteiger partial charge >= 0.3 is 0 Å². The molecule has 5 nitrogen and oxygen atoms in total. The monoisotopic (exact) mass is 444 g/mol. The summed E-state index contributed by atoms with van der Waals surface area (Å²) < 4.78 is 0. The van der Waals surface area contributed by atoms with Crippen LogP contribution in [-0.2, 0) is 11.3 Å². The van der Waals surface area contributed by atoms with Crippen molar-refractivity contribution >= 4 is 41.5 Å². The average Bonchev–Trinajstić information content (AvgIpc) is 2.97. The van der Waals surface area contributed by atoms with Crippen molar-refractivity contribution in [2.24, 2.45) is 10.9 Å². The van der Waals surface area contributed by atoms with Crippen LogP contribution in [0.3, 0.4) is 0 Å². The Kier molecular flexibility index (Phi) is 9.10. The molecular weight excluding hydrogens is 415 g/mol. The maximum absolute atomic E-state index is 11.8. The Morgan fingerprint density at radius 3 is 2.50 bits per heavy atom. The molecule has 0 aromatic heterocycles. The maximum atomic E-state index is 11.8. The lowest BCUT2D eigenvalue weighted by molar-refractivity contribution is -0.117. The molecule has 1 saturated heterocycles. The van der Waals surface area contributed by atoms with Crippen LogP contribution in [0.4, 0.5) is 5.69 Å². The van der Waals surface area contributed by atoms with Crippen molar-refractivity contribution in [1.82, 2.24) is 10.6 Å². The molecule has 0 saturated carbocycles. The molecule has 0 atom stereocenters. The molecule has 1 amide bonds. The Balaban J connectivity index is 0.00000288. The minimum Gasteiger partial charge on any atom is -0.356 e. The van der Waals surface area contributed by atoms with Crippen LogP contribution < -0.4 is 15.5 Å². The number of carbonyl (C=O) groups is 1. The normalized spacial score (nSPS) is 14.8. The fourth-order valence-electron chi connectivity index (χ4n) is 2.60. The summed E-state index contributed by atoms with van der Waals surface area (Å²) in [6.07, 6.45) is 2.75. The van der Waals surface area contributed by atoms with E-state index in [-0.39, 0.29) is 29.9 Å². The molecule has 0 unspecified atom stereocenters. The number of carbonyl (C=O) groups excluding carboxylic acids is 1. The first-order chi connectivity index (χ1) is 11.1. The van der Waals surface area contributed by atoms with Gasteiger partial charge in [-0.3, -0.25) is 9.79 Å². The predicted octanol–water partition coefficient (Wildman–Crippen LogP) is 3.14. The van der Waals surface area contributed by atoms with Gasteiger partial charge in [0.1, 0.15) is 0 Å². The molecule has 0 spiro atoms. The van der Waals surface area contributed by atoms with E-state index in [0.29, 0.717) is 12.3 Å². The third-order valence-corrected chi connectivity index (χ3v) is 4.02. The van der Waals surface area contributed by atoms with E-state index in [1.54, 1.807) is 7.05 Å². The lowest BCUT2D eigenvalue weighted by Crippen LogP contribution is -2.37. The fraction of sp³-hybridized carbons (Fsp3) is 0.556. The van der Waals surface area contributed by atoms with Crippen LogP contribution in [0, 0.1) is 5.92 Å². The van der Waals surface area contributed by atoms with E-state index in [0.717, 1.165) is 44.1 Å². The largest absolute Gasteiger partial charge is 0.356 e. The first-order valence-corrected chi connectivity index (χ1v) is 8.44. The summed E-state index contributed by atoms with van der Waals surface area (Å²) in [4.78, 5) is 17.8. The van der Waals surface area contributed by atoms with Crippen LogP contribution in [0.15, 0.2) is 29.3 Å². The number of rotatable bonds is 6. The van der Waals surface area contributed by atoms with Crippen molar-refractivity contribution in [3.8, 4) is 0 Å². The van der Waals surface area contributed by atoms with E-state index in [1.165, 1.54) is 5.56 Å². The third-order valence-electron chi connectivity index (χ3n) is 4.02. The van der Waals surface area contributed by atoms with E-state index in [4.69, 9.17) is 0 Å². The topological polar surface area (TPSA) is 56.7 Å². The van der Waals surface area contributed by atoms with Gasteiger partial charge in [0.15, 0.2) is 5.96 Å². The lowest BCUT2D eigenvalue weighted by atomic mass is 10.1. The second kappa shape index (κ2) is 10.5. The van der Waals surface area contributed by atoms with Crippen molar-refractivity contribution < 1.29 is 4.79 Å². The first-order valence-electron chi connectivity index (χ1n) is 8.44. The van der Waals surface area contributed by atoms with Crippen molar-refractivity contribution in [2.75, 3.05) is 25.0 Å². The molecule has 2 rings (SSSR count). The molecule has 1 fully saturated rings. The second-order valence-electron chi connectivity index (χ2n) is 6.35. The number of nitrogens with zero attached hydrogens (tertiary/aromatic N) is 2. The standard InChI is InChI=1S/C18H28N4O.HI/c1-14(2)10-11-20-18(19-3)21-13-15-6-8-16(9-7-15)22-12-4-5-17(22)23;/h6-9,14H,4-5,10-13H2,1-3H3,(H2,19,20,21);1H. The number of benzene rings is 1. The Hall–Kier alpha value is -1.31. The Morgan fingerprint density at radius 2 is 1.96 bits per heavy atom. The van der Waals surface area contributed by atoms with Gasteiger partial charge in [-0.15, -0.1) is 24.0 Å². The van der Waals surface area contributed by atoms with Crippen LogP contribution in [0.25, 0.3) is 0 Å². The number of hydrogen-bond acceptors (Lipinski definition) is 2. The molecule has 24 heavy (non-hydrogen) atoms. The van der Waals surface area contributed by atoms with Crippen molar-refractivity contribution in [3.63, 3.8) is 0 Å². The molecule has 0 aliphatic carbocycles. The molecule has 2 N–H and O–H groups in total. The summed E-state index contributed by atoms with van der Waals surface area (Å²) >= 11 is 0. The summed E-state index contributed by atoms with van der Waals surface area (Å²) in [5, 5.41) is 6.63. The number of guanidine groups is 1. The van der Waals surface area contributed by atoms with Crippen LogP contribution in [0.1, 0.15) is 38.7 Å². The van der Waals surface area contributed by atoms with E-state index in [9.17, 15) is 4.79 Å². The minimum atomic E-state index is 0. The van der Waals surface area contributed by atoms with E-state index >= 15 is 0 Å². The summed E-state index contributed by atoms with van der Waals surface area (Å²) in [6, 6.07) is 8.18. The summed E-state index contributed by atoms with van der Waals surface area (Å²) in [7, 11) is 1.78. The molecular formula is C18H29IN4O. The minimum absolute atomic E-state index is 0. The van der Waals surface area contributed by atoms with Gasteiger partial charge in [0.2, 0.25) is 5.91 Å². The van der Waals surface area contributed by atoms with E-state index in [2.05, 4.69) is 41.6 Å². The number of aliphatic imine (C=N–C) groups is 1. The molecule has 0 radical (unpaired) electrons. The van der Waals surface area contributed by atoms with Gasteiger partial charge in [0.05, 0.1) is 0 Å². The second-order valence-corrected chi connectivity index (χ2v) is 6.35. The van der Waals surface area contributed by atoms with Crippen molar-refractivity contribution in [3.05, 3.63) is 29.8 Å². The number of amides is 1. The Labute approximate surface area is 162 Å². The lowest BCUT2D eigenvalue weighted by Gasteiger charge is -2.16. The quantitative estimate of drug-likeness (QED) is 0.403. The average molecular weight is 444 g/mol. The summed E-state index contributed by atoms with van der Waals surface area (Å²) in [5.41, 5.74) is 2.17. The SMILES string of the molecule is CN=C(NCCC(C)C)NCc1ccc(N2CCCC2=O)cc1.I. The molecule has 1 heterocycles. The van der Waals surface area contributed by atoms with Crippen LogP contribution >= 0.6 is 24.0 Å².